The number of methoxy groups -OCH3 is 1. The highest BCUT2D eigenvalue weighted by Crippen LogP contribution is 2.48. The molecule has 0 radical (unpaired) electrons. The lowest BCUT2D eigenvalue weighted by molar-refractivity contribution is -0.137. The summed E-state index contributed by atoms with van der Waals surface area (Å²) >= 11 is 0. The van der Waals surface area contributed by atoms with Gasteiger partial charge in [-0.2, -0.15) is 0 Å². The summed E-state index contributed by atoms with van der Waals surface area (Å²) in [5, 5.41) is 0. The van der Waals surface area contributed by atoms with Gasteiger partial charge in [-0.1, -0.05) is 0 Å². The van der Waals surface area contributed by atoms with Crippen molar-refractivity contribution >= 4 is 13.6 Å². The van der Waals surface area contributed by atoms with E-state index in [0.29, 0.717) is 6.07 Å². The number of carbonyl (C=O) groups is 1. The van der Waals surface area contributed by atoms with Crippen molar-refractivity contribution in [2.24, 2.45) is 0 Å². The van der Waals surface area contributed by atoms with Crippen LogP contribution in [0.5, 0.6) is 5.75 Å². The molecule has 8 heteroatoms. The van der Waals surface area contributed by atoms with Gasteiger partial charge in [-0.15, -0.1) is 0 Å². The smallest absolute Gasteiger partial charge is 0.390 e. The summed E-state index contributed by atoms with van der Waals surface area (Å²) in [6, 6.07) is 2.48. The van der Waals surface area contributed by atoms with Crippen LogP contribution in [0.2, 0.25) is 0 Å². The molecule has 0 aromatic heterocycles. The second kappa shape index (κ2) is 6.63. The molecule has 0 aliphatic rings. The summed E-state index contributed by atoms with van der Waals surface area (Å²) in [6.07, 6.45) is -0.659. The van der Waals surface area contributed by atoms with Crippen LogP contribution < -0.4 is 4.52 Å². The first-order valence-corrected chi connectivity index (χ1v) is 7.08. The molecule has 0 amide bonds. The summed E-state index contributed by atoms with van der Waals surface area (Å²) in [5.74, 6) is -3.12. The quantitative estimate of drug-likeness (QED) is 0.596. The second-order valence-corrected chi connectivity index (χ2v) is 5.41. The zero-order valence-corrected chi connectivity index (χ0v) is 11.3. The van der Waals surface area contributed by atoms with Gasteiger partial charge < -0.3 is 9.26 Å². The molecule has 0 aliphatic heterocycles. The highest BCUT2D eigenvalue weighted by molar-refractivity contribution is 7.55. The van der Waals surface area contributed by atoms with Gasteiger partial charge in [-0.3, -0.25) is 9.32 Å². The number of ether oxygens (including phenoxy) is 1. The molecule has 0 bridgehead atoms. The summed E-state index contributed by atoms with van der Waals surface area (Å²) in [6.45, 7) is 1.53. The van der Waals surface area contributed by atoms with Crippen molar-refractivity contribution in [3.05, 3.63) is 29.8 Å². The topological polar surface area (TPSA) is 61.8 Å². The van der Waals surface area contributed by atoms with Crippen molar-refractivity contribution in [3.63, 3.8) is 0 Å². The Hall–Kier alpha value is -1.46. The van der Waals surface area contributed by atoms with Crippen LogP contribution in [0.4, 0.5) is 8.78 Å². The van der Waals surface area contributed by atoms with Gasteiger partial charge >= 0.3 is 13.6 Å². The van der Waals surface area contributed by atoms with E-state index in [9.17, 15) is 18.1 Å². The number of halogens is 2. The van der Waals surface area contributed by atoms with Crippen LogP contribution >= 0.6 is 7.60 Å². The fourth-order valence-electron chi connectivity index (χ4n) is 1.22. The highest BCUT2D eigenvalue weighted by Gasteiger charge is 2.31. The predicted molar refractivity (Wildman–Crippen MR) is 63.1 cm³/mol. The van der Waals surface area contributed by atoms with Gasteiger partial charge in [0.25, 0.3) is 0 Å². The summed E-state index contributed by atoms with van der Waals surface area (Å²) in [5.41, 5.74) is 0. The van der Waals surface area contributed by atoms with Crippen LogP contribution in [0.1, 0.15) is 6.92 Å². The molecule has 0 heterocycles. The minimum atomic E-state index is -3.89. The van der Waals surface area contributed by atoms with Crippen molar-refractivity contribution in [2.45, 2.75) is 6.92 Å². The number of benzene rings is 1. The molecule has 0 fully saturated rings. The van der Waals surface area contributed by atoms with Gasteiger partial charge in [-0.25, -0.2) is 13.3 Å². The SMILES string of the molecule is CCOP(=O)(CC(=O)OC)Oc1ccc(F)cc1F. The van der Waals surface area contributed by atoms with E-state index in [4.69, 9.17) is 9.05 Å². The third kappa shape index (κ3) is 4.61. The van der Waals surface area contributed by atoms with Gasteiger partial charge in [0.05, 0.1) is 13.7 Å². The second-order valence-electron chi connectivity index (χ2n) is 3.43. The maximum Gasteiger partial charge on any atom is 0.390 e. The first-order chi connectivity index (χ1) is 8.90. The Morgan fingerprint density at radius 1 is 1.37 bits per heavy atom. The molecule has 0 spiro atoms. The molecule has 1 rings (SSSR count). The van der Waals surface area contributed by atoms with Crippen LogP contribution in [0.3, 0.4) is 0 Å². The maximum atomic E-state index is 13.4. The Balaban J connectivity index is 2.94. The lowest BCUT2D eigenvalue weighted by atomic mass is 10.3. The van der Waals surface area contributed by atoms with E-state index < -0.39 is 37.1 Å². The number of rotatable bonds is 6. The predicted octanol–water partition coefficient (Wildman–Crippen LogP) is 2.75. The number of hydrogen-bond donors (Lipinski definition) is 0. The molecule has 5 nitrogen and oxygen atoms in total. The van der Waals surface area contributed by atoms with Crippen molar-refractivity contribution in [1.82, 2.24) is 0 Å². The Morgan fingerprint density at radius 3 is 2.58 bits per heavy atom. The monoisotopic (exact) mass is 294 g/mol. The first kappa shape index (κ1) is 15.6. The number of carbonyl (C=O) groups excluding carboxylic acids is 1. The maximum absolute atomic E-state index is 13.4. The fraction of sp³-hybridized carbons (Fsp3) is 0.364. The van der Waals surface area contributed by atoms with Crippen LogP contribution in [0.15, 0.2) is 18.2 Å². The molecular formula is C11H13F2O5P. The minimum Gasteiger partial charge on any atom is -0.468 e. The number of esters is 1. The minimum absolute atomic E-state index is 0.00289. The van der Waals surface area contributed by atoms with Crippen LogP contribution in [-0.4, -0.2) is 25.8 Å². The van der Waals surface area contributed by atoms with Gasteiger partial charge in [0.2, 0.25) is 0 Å². The standard InChI is InChI=1S/C11H13F2O5P/c1-3-17-19(15,7-11(14)16-2)18-10-5-4-8(12)6-9(10)13/h4-6H,3,7H2,1-2H3. The van der Waals surface area contributed by atoms with E-state index in [2.05, 4.69) is 4.74 Å². The van der Waals surface area contributed by atoms with E-state index >= 15 is 0 Å². The third-order valence-electron chi connectivity index (χ3n) is 2.01. The number of hydrogen-bond acceptors (Lipinski definition) is 5. The molecule has 0 saturated heterocycles. The largest absolute Gasteiger partial charge is 0.468 e. The van der Waals surface area contributed by atoms with E-state index in [1.165, 1.54) is 6.92 Å². The van der Waals surface area contributed by atoms with Crippen LogP contribution in [-0.2, 0) is 18.6 Å². The highest BCUT2D eigenvalue weighted by atomic mass is 31.2. The van der Waals surface area contributed by atoms with E-state index in [1.54, 1.807) is 0 Å². The zero-order valence-electron chi connectivity index (χ0n) is 10.4. The lowest BCUT2D eigenvalue weighted by Gasteiger charge is -2.17. The van der Waals surface area contributed by atoms with E-state index in [0.717, 1.165) is 19.2 Å². The Kier molecular flexibility index (Phi) is 5.44. The van der Waals surface area contributed by atoms with Crippen molar-refractivity contribution in [3.8, 4) is 5.75 Å². The van der Waals surface area contributed by atoms with Gasteiger partial charge in [0, 0.05) is 6.07 Å². The van der Waals surface area contributed by atoms with Gasteiger partial charge in [0.1, 0.15) is 5.82 Å². The average molecular weight is 294 g/mol. The molecule has 1 aromatic carbocycles. The molecule has 1 atom stereocenters. The zero-order chi connectivity index (χ0) is 14.5. The van der Waals surface area contributed by atoms with E-state index in [-0.39, 0.29) is 6.61 Å². The van der Waals surface area contributed by atoms with Crippen molar-refractivity contribution in [2.75, 3.05) is 19.9 Å². The Labute approximate surface area is 109 Å². The Morgan fingerprint density at radius 2 is 2.05 bits per heavy atom. The van der Waals surface area contributed by atoms with Crippen LogP contribution in [0, 0.1) is 11.6 Å². The molecule has 0 aliphatic carbocycles. The molecule has 1 unspecified atom stereocenters. The molecular weight excluding hydrogens is 281 g/mol. The normalized spacial score (nSPS) is 13.7. The van der Waals surface area contributed by atoms with Crippen molar-refractivity contribution < 1.29 is 31.9 Å². The fourth-order valence-corrected chi connectivity index (χ4v) is 2.72. The molecule has 19 heavy (non-hydrogen) atoms. The Bertz CT molecular complexity index is 506. The first-order valence-electron chi connectivity index (χ1n) is 5.35. The van der Waals surface area contributed by atoms with Crippen molar-refractivity contribution in [1.29, 1.82) is 0 Å². The molecule has 1 aromatic rings. The average Bonchev–Trinajstić information content (AvgIpc) is 2.33. The van der Waals surface area contributed by atoms with Gasteiger partial charge in [-0.05, 0) is 19.1 Å². The van der Waals surface area contributed by atoms with Gasteiger partial charge in [0.15, 0.2) is 17.7 Å². The summed E-state index contributed by atoms with van der Waals surface area (Å²) < 4.78 is 52.4. The van der Waals surface area contributed by atoms with Crippen LogP contribution in [0.25, 0.3) is 0 Å². The molecule has 0 saturated carbocycles. The van der Waals surface area contributed by atoms with E-state index in [1.807, 2.05) is 0 Å². The lowest BCUT2D eigenvalue weighted by Crippen LogP contribution is -2.13. The molecule has 106 valence electrons. The third-order valence-corrected chi connectivity index (χ3v) is 3.78. The summed E-state index contributed by atoms with van der Waals surface area (Å²) in [4.78, 5) is 11.1. The summed E-state index contributed by atoms with van der Waals surface area (Å²) in [7, 11) is -2.78. The molecule has 0 N–H and O–H groups in total.